The quantitative estimate of drug-likeness (QED) is 0.135. The van der Waals surface area contributed by atoms with Gasteiger partial charge in [0.15, 0.2) is 15.8 Å². The predicted molar refractivity (Wildman–Crippen MR) is 188 cm³/mol. The van der Waals surface area contributed by atoms with E-state index < -0.39 is 41.4 Å². The first-order valence-electron chi connectivity index (χ1n) is 15.3. The first kappa shape index (κ1) is 34.5. The molecule has 0 fully saturated rings. The number of fused-ring (bicyclic) bond motifs is 1. The average Bonchev–Trinajstić information content (AvgIpc) is 3.72. The molecule has 6 aromatic rings. The molecule has 2 heterocycles. The maximum atomic E-state index is 14.5. The van der Waals surface area contributed by atoms with Gasteiger partial charge in [0.2, 0.25) is 15.8 Å². The molecule has 0 amide bonds. The number of anilines is 1. The molecule has 6 rings (SSSR count). The zero-order chi connectivity index (χ0) is 35.6. The Bertz CT molecular complexity index is 2370. The number of aromatic nitrogens is 6. The molecule has 6 N–H and O–H groups in total. The largest absolute Gasteiger partial charge is 0.497 e. The van der Waals surface area contributed by atoms with Crippen molar-refractivity contribution in [2.75, 3.05) is 25.7 Å². The van der Waals surface area contributed by atoms with Gasteiger partial charge in [-0.2, -0.15) is 4.80 Å². The minimum absolute atomic E-state index is 0.0898. The van der Waals surface area contributed by atoms with E-state index in [2.05, 4.69) is 30.1 Å². The average molecular weight is 718 g/mol. The summed E-state index contributed by atoms with van der Waals surface area (Å²) in [6.07, 6.45) is 0. The fourth-order valence-electron chi connectivity index (χ4n) is 5.52. The third kappa shape index (κ3) is 7.16. The third-order valence-corrected chi connectivity index (χ3v) is 11.4. The van der Waals surface area contributed by atoms with Gasteiger partial charge in [0, 0.05) is 18.2 Å². The lowest BCUT2D eigenvalue weighted by atomic mass is 9.98. The number of hydrogen-bond donors (Lipinski definition) is 4. The van der Waals surface area contributed by atoms with Gasteiger partial charge in [0.1, 0.15) is 16.4 Å². The maximum absolute atomic E-state index is 14.5. The molecule has 17 heteroatoms. The Balaban J connectivity index is 1.58. The van der Waals surface area contributed by atoms with E-state index in [0.717, 1.165) is 5.56 Å². The summed E-state index contributed by atoms with van der Waals surface area (Å²) < 4.78 is 69.9. The van der Waals surface area contributed by atoms with Crippen LogP contribution < -0.4 is 25.7 Å². The molecule has 1 unspecified atom stereocenters. The van der Waals surface area contributed by atoms with Crippen LogP contribution in [0, 0.1) is 0 Å². The zero-order valence-corrected chi connectivity index (χ0v) is 29.0. The molecule has 0 radical (unpaired) electrons. The fourth-order valence-corrected chi connectivity index (χ4v) is 9.07. The Kier molecular flexibility index (Phi) is 9.57. The van der Waals surface area contributed by atoms with Crippen molar-refractivity contribution in [3.05, 3.63) is 90.0 Å². The second-order valence-corrected chi connectivity index (χ2v) is 15.3. The van der Waals surface area contributed by atoms with Crippen LogP contribution in [-0.4, -0.2) is 73.0 Å². The number of ether oxygens (including phenoxy) is 2. The van der Waals surface area contributed by atoms with Crippen LogP contribution in [0.3, 0.4) is 0 Å². The lowest BCUT2D eigenvalue weighted by Crippen LogP contribution is -2.30. The van der Waals surface area contributed by atoms with Crippen LogP contribution >= 0.6 is 0 Å². The highest BCUT2D eigenvalue weighted by Gasteiger charge is 2.35. The molecule has 0 aliphatic carbocycles. The number of nitrogen functional groups attached to an aromatic ring is 1. The molecule has 0 aliphatic rings. The van der Waals surface area contributed by atoms with Crippen molar-refractivity contribution >= 4 is 36.8 Å². The van der Waals surface area contributed by atoms with Crippen molar-refractivity contribution < 1.29 is 26.3 Å². The first-order chi connectivity index (χ1) is 23.9. The van der Waals surface area contributed by atoms with E-state index in [-0.39, 0.29) is 36.0 Å². The molecule has 0 saturated carbocycles. The van der Waals surface area contributed by atoms with Crippen LogP contribution in [0.15, 0.2) is 88.7 Å². The third-order valence-electron chi connectivity index (χ3n) is 7.81. The van der Waals surface area contributed by atoms with Crippen molar-refractivity contribution in [2.24, 2.45) is 5.73 Å². The molecule has 260 valence electrons. The van der Waals surface area contributed by atoms with Crippen LogP contribution in [0.1, 0.15) is 18.1 Å². The van der Waals surface area contributed by atoms with E-state index in [4.69, 9.17) is 20.9 Å². The zero-order valence-electron chi connectivity index (χ0n) is 27.4. The standard InChI is InChI=1S/C33H35N9O6S2/c1-20(34)19-49(43,44)28-16-15-25(26-5-4-6-27-30(26)38-33(35)37-27)29(31(28)50(45,46)36-17-21-7-11-23(47-2)12-8-21)32-39-41-42(40-32)18-22-9-13-24(48-3)14-10-22/h4-16,20,36H,17-19,34H2,1-3H3,(H3,35,37,38). The number of sulfone groups is 1. The van der Waals surface area contributed by atoms with Gasteiger partial charge in [-0.25, -0.2) is 26.5 Å². The topological polar surface area (TPSA) is 223 Å². The molecule has 4 aromatic carbocycles. The molecular weight excluding hydrogens is 683 g/mol. The second-order valence-electron chi connectivity index (χ2n) is 11.6. The van der Waals surface area contributed by atoms with Gasteiger partial charge < -0.3 is 25.9 Å². The van der Waals surface area contributed by atoms with Gasteiger partial charge in [-0.05, 0) is 65.2 Å². The summed E-state index contributed by atoms with van der Waals surface area (Å²) in [5, 5.41) is 13.0. The van der Waals surface area contributed by atoms with E-state index in [0.29, 0.717) is 33.7 Å². The summed E-state index contributed by atoms with van der Waals surface area (Å²) in [5.74, 6) is 0.753. The van der Waals surface area contributed by atoms with Gasteiger partial charge >= 0.3 is 0 Å². The van der Waals surface area contributed by atoms with E-state index in [1.807, 2.05) is 12.1 Å². The van der Waals surface area contributed by atoms with Crippen molar-refractivity contribution in [1.82, 2.24) is 34.9 Å². The SMILES string of the molecule is COc1ccc(CNS(=O)(=O)c2c(S(=O)(=O)CC(C)N)ccc(-c3cccc4[nH]c(N)nc34)c2-c2nnn(Cc3ccc(OC)cc3)n2)cc1. The van der Waals surface area contributed by atoms with Crippen molar-refractivity contribution in [2.45, 2.75) is 35.8 Å². The Morgan fingerprint density at radius 2 is 1.54 bits per heavy atom. The van der Waals surface area contributed by atoms with Gasteiger partial charge in [-0.1, -0.05) is 42.5 Å². The number of tetrazole rings is 1. The normalized spacial score (nSPS) is 12.6. The Morgan fingerprint density at radius 1 is 0.880 bits per heavy atom. The molecule has 0 aliphatic heterocycles. The number of nitrogens with one attached hydrogen (secondary N) is 2. The molecule has 0 bridgehead atoms. The number of methoxy groups -OCH3 is 2. The smallest absolute Gasteiger partial charge is 0.242 e. The van der Waals surface area contributed by atoms with Crippen LogP contribution in [-0.2, 0) is 33.0 Å². The number of sulfonamides is 1. The monoisotopic (exact) mass is 717 g/mol. The molecule has 1 atom stereocenters. The predicted octanol–water partition coefficient (Wildman–Crippen LogP) is 3.13. The highest BCUT2D eigenvalue weighted by molar-refractivity contribution is 7.93. The summed E-state index contributed by atoms with van der Waals surface area (Å²) in [5.41, 5.74) is 15.0. The van der Waals surface area contributed by atoms with E-state index in [1.165, 1.54) is 31.0 Å². The van der Waals surface area contributed by atoms with E-state index in [1.54, 1.807) is 61.7 Å². The number of rotatable bonds is 13. The van der Waals surface area contributed by atoms with Crippen LogP contribution in [0.2, 0.25) is 0 Å². The highest BCUT2D eigenvalue weighted by Crippen LogP contribution is 2.41. The van der Waals surface area contributed by atoms with Gasteiger partial charge in [-0.15, -0.1) is 10.2 Å². The summed E-state index contributed by atoms with van der Waals surface area (Å²) in [7, 11) is -5.81. The number of para-hydroxylation sites is 1. The van der Waals surface area contributed by atoms with E-state index in [9.17, 15) is 16.8 Å². The lowest BCUT2D eigenvalue weighted by Gasteiger charge is -2.19. The van der Waals surface area contributed by atoms with Crippen LogP contribution in [0.4, 0.5) is 5.95 Å². The van der Waals surface area contributed by atoms with Crippen molar-refractivity contribution in [1.29, 1.82) is 0 Å². The second kappa shape index (κ2) is 13.9. The minimum atomic E-state index is -4.62. The number of H-pyrrole nitrogens is 1. The summed E-state index contributed by atoms with van der Waals surface area (Å²) >= 11 is 0. The molecule has 15 nitrogen and oxygen atoms in total. The van der Waals surface area contributed by atoms with Gasteiger partial charge in [-0.3, -0.25) is 0 Å². The number of hydrogen-bond acceptors (Lipinski definition) is 12. The van der Waals surface area contributed by atoms with Gasteiger partial charge in [0.05, 0.1) is 48.0 Å². The van der Waals surface area contributed by atoms with Crippen molar-refractivity contribution in [3.63, 3.8) is 0 Å². The Labute approximate surface area is 288 Å². The van der Waals surface area contributed by atoms with Crippen LogP contribution in [0.25, 0.3) is 33.5 Å². The number of benzene rings is 4. The Hall–Kier alpha value is -5.36. The summed E-state index contributed by atoms with van der Waals surface area (Å²) in [6.45, 7) is 1.54. The lowest BCUT2D eigenvalue weighted by molar-refractivity contribution is 0.414. The number of imidazole rings is 1. The number of nitrogens with zero attached hydrogens (tertiary/aromatic N) is 5. The number of nitrogens with two attached hydrogens (primary N) is 2. The minimum Gasteiger partial charge on any atom is -0.497 e. The molecule has 0 saturated heterocycles. The first-order valence-corrected chi connectivity index (χ1v) is 18.5. The molecule has 50 heavy (non-hydrogen) atoms. The van der Waals surface area contributed by atoms with Crippen LogP contribution in [0.5, 0.6) is 11.5 Å². The summed E-state index contributed by atoms with van der Waals surface area (Å²) in [4.78, 5) is 7.69. The molecule has 0 spiro atoms. The van der Waals surface area contributed by atoms with E-state index >= 15 is 0 Å². The molecular formula is C33H35N9O6S2. The molecule has 2 aromatic heterocycles. The Morgan fingerprint density at radius 3 is 2.18 bits per heavy atom. The maximum Gasteiger partial charge on any atom is 0.242 e. The number of aromatic amines is 1. The fraction of sp³-hybridized carbons (Fsp3) is 0.212. The summed E-state index contributed by atoms with van der Waals surface area (Å²) in [6, 6.07) is 21.2. The van der Waals surface area contributed by atoms with Gasteiger partial charge in [0.25, 0.3) is 0 Å². The highest BCUT2D eigenvalue weighted by atomic mass is 32.2. The van der Waals surface area contributed by atoms with Crippen molar-refractivity contribution in [3.8, 4) is 34.0 Å².